The summed E-state index contributed by atoms with van der Waals surface area (Å²) in [6.45, 7) is 5.08. The van der Waals surface area contributed by atoms with Crippen molar-refractivity contribution in [3.63, 3.8) is 0 Å². The predicted octanol–water partition coefficient (Wildman–Crippen LogP) is 3.71. The van der Waals surface area contributed by atoms with Gasteiger partial charge in [0.2, 0.25) is 5.91 Å². The summed E-state index contributed by atoms with van der Waals surface area (Å²) in [4.78, 5) is 39.5. The highest BCUT2D eigenvalue weighted by Crippen LogP contribution is 2.43. The molecule has 2 amide bonds. The van der Waals surface area contributed by atoms with E-state index < -0.39 is 17.4 Å². The van der Waals surface area contributed by atoms with Gasteiger partial charge >= 0.3 is 5.97 Å². The average Bonchev–Trinajstić information content (AvgIpc) is 3.58. The minimum absolute atomic E-state index is 0.0469. The van der Waals surface area contributed by atoms with E-state index in [0.717, 1.165) is 31.2 Å². The van der Waals surface area contributed by atoms with Crippen LogP contribution in [0.1, 0.15) is 80.6 Å². The highest BCUT2D eigenvalue weighted by molar-refractivity contribution is 5.98. The van der Waals surface area contributed by atoms with Crippen LogP contribution in [0.2, 0.25) is 0 Å². The molecular weight excluding hydrogens is 540 g/mol. The van der Waals surface area contributed by atoms with Crippen molar-refractivity contribution < 1.29 is 38.1 Å². The lowest BCUT2D eigenvalue weighted by Gasteiger charge is -2.39. The van der Waals surface area contributed by atoms with E-state index >= 15 is 0 Å². The zero-order valence-electron chi connectivity index (χ0n) is 25.6. The monoisotopic (exact) mass is 586 g/mol. The van der Waals surface area contributed by atoms with E-state index in [4.69, 9.17) is 23.7 Å². The molecule has 0 spiro atoms. The number of fused-ring (bicyclic) bond motifs is 2. The van der Waals surface area contributed by atoms with Gasteiger partial charge in [-0.15, -0.1) is 0 Å². The second-order valence-electron chi connectivity index (χ2n) is 13.0. The van der Waals surface area contributed by atoms with Crippen molar-refractivity contribution in [3.8, 4) is 11.5 Å². The second kappa shape index (κ2) is 12.4. The van der Waals surface area contributed by atoms with Crippen molar-refractivity contribution in [2.75, 3.05) is 34.5 Å². The molecule has 1 aromatic rings. The Morgan fingerprint density at radius 1 is 0.976 bits per heavy atom. The minimum Gasteiger partial charge on any atom is -0.496 e. The number of aryl methyl sites for hydroxylation is 1. The van der Waals surface area contributed by atoms with Gasteiger partial charge in [0, 0.05) is 13.7 Å². The van der Waals surface area contributed by atoms with Crippen molar-refractivity contribution in [3.05, 3.63) is 23.3 Å². The molecule has 2 aliphatic carbocycles. The van der Waals surface area contributed by atoms with Crippen molar-refractivity contribution in [1.29, 1.82) is 0 Å². The maximum Gasteiger partial charge on any atom is 0.314 e. The topological polar surface area (TPSA) is 121 Å². The number of hydrogen-bond donors (Lipinski definition) is 2. The van der Waals surface area contributed by atoms with E-state index in [2.05, 4.69) is 17.6 Å². The maximum atomic E-state index is 13.7. The number of carbonyl (C=O) groups excluding carboxylic acids is 3. The van der Waals surface area contributed by atoms with E-state index in [0.29, 0.717) is 55.9 Å². The summed E-state index contributed by atoms with van der Waals surface area (Å²) in [5.41, 5.74) is 0.697. The lowest BCUT2D eigenvalue weighted by atomic mass is 9.70. The molecule has 2 heterocycles. The van der Waals surface area contributed by atoms with Crippen LogP contribution < -0.4 is 20.1 Å². The fourth-order valence-corrected chi connectivity index (χ4v) is 7.28. The molecular formula is C32H46N2O8. The first-order valence-corrected chi connectivity index (χ1v) is 15.3. The van der Waals surface area contributed by atoms with Gasteiger partial charge in [0.1, 0.15) is 11.5 Å². The molecule has 232 valence electrons. The van der Waals surface area contributed by atoms with E-state index in [9.17, 15) is 14.4 Å². The van der Waals surface area contributed by atoms with Crippen LogP contribution in [0.15, 0.2) is 12.1 Å². The lowest BCUT2D eigenvalue weighted by Crippen LogP contribution is -2.53. The number of nitrogens with one attached hydrogen (secondary N) is 2. The molecule has 2 saturated heterocycles. The van der Waals surface area contributed by atoms with Gasteiger partial charge in [0.05, 0.1) is 62.1 Å². The van der Waals surface area contributed by atoms with Crippen LogP contribution in [0.25, 0.3) is 0 Å². The quantitative estimate of drug-likeness (QED) is 0.377. The third-order valence-corrected chi connectivity index (χ3v) is 10.1. The lowest BCUT2D eigenvalue weighted by molar-refractivity contribution is -0.160. The highest BCUT2D eigenvalue weighted by Gasteiger charge is 2.53. The average molecular weight is 587 g/mol. The molecule has 4 aliphatic rings. The van der Waals surface area contributed by atoms with Crippen LogP contribution in [0.5, 0.6) is 11.5 Å². The van der Waals surface area contributed by atoms with E-state index in [-0.39, 0.29) is 41.5 Å². The molecule has 0 unspecified atom stereocenters. The third-order valence-electron chi connectivity index (χ3n) is 10.1. The summed E-state index contributed by atoms with van der Waals surface area (Å²) in [5, 5.41) is 6.28. The summed E-state index contributed by atoms with van der Waals surface area (Å²) < 4.78 is 28.5. The first-order valence-electron chi connectivity index (χ1n) is 15.3. The fraction of sp³-hybridized carbons (Fsp3) is 0.719. The highest BCUT2D eigenvalue weighted by atomic mass is 16.5. The zero-order chi connectivity index (χ0) is 30.1. The Morgan fingerprint density at radius 3 is 2.31 bits per heavy atom. The molecule has 1 aromatic carbocycles. The van der Waals surface area contributed by atoms with Gasteiger partial charge in [0.15, 0.2) is 0 Å². The Balaban J connectivity index is 1.27. The van der Waals surface area contributed by atoms with Gasteiger partial charge in [-0.2, -0.15) is 0 Å². The molecule has 2 saturated carbocycles. The van der Waals surface area contributed by atoms with Crippen LogP contribution >= 0.6 is 0 Å². The number of rotatable bonds is 11. The molecule has 2 N–H and O–H groups in total. The van der Waals surface area contributed by atoms with Gasteiger partial charge in [-0.1, -0.05) is 13.3 Å². The second-order valence-corrected chi connectivity index (χ2v) is 13.0. The third kappa shape index (κ3) is 5.97. The Hall–Kier alpha value is -2.85. The van der Waals surface area contributed by atoms with Crippen molar-refractivity contribution in [2.24, 2.45) is 16.7 Å². The smallest absolute Gasteiger partial charge is 0.314 e. The molecule has 4 atom stereocenters. The SMILES string of the molecule is COCC1(C(=O)OC)CCC(Oc2cc(C(=O)N[C@H]3[C@@H](C(=O)NCC4(C)CCC4)[C@H]4CC[C@@H]3O4)c(OC)cc2C)CC1. The normalized spacial score (nSPS) is 31.1. The predicted molar refractivity (Wildman–Crippen MR) is 155 cm³/mol. The van der Waals surface area contributed by atoms with Crippen LogP contribution in [0.3, 0.4) is 0 Å². The molecule has 2 aliphatic heterocycles. The van der Waals surface area contributed by atoms with Crippen molar-refractivity contribution in [2.45, 2.75) is 96.0 Å². The Kier molecular flexibility index (Phi) is 9.04. The summed E-state index contributed by atoms with van der Waals surface area (Å²) in [6.07, 6.45) is 7.09. The molecule has 0 aromatic heterocycles. The van der Waals surface area contributed by atoms with Crippen molar-refractivity contribution in [1.82, 2.24) is 10.6 Å². The van der Waals surface area contributed by atoms with Gasteiger partial charge in [-0.25, -0.2) is 0 Å². The molecule has 10 nitrogen and oxygen atoms in total. The molecule has 10 heteroatoms. The van der Waals surface area contributed by atoms with Crippen LogP contribution in [-0.4, -0.2) is 76.6 Å². The van der Waals surface area contributed by atoms with E-state index in [1.165, 1.54) is 20.6 Å². The number of methoxy groups -OCH3 is 3. The fourth-order valence-electron chi connectivity index (χ4n) is 7.28. The summed E-state index contributed by atoms with van der Waals surface area (Å²) >= 11 is 0. The molecule has 5 rings (SSSR count). The molecule has 42 heavy (non-hydrogen) atoms. The van der Waals surface area contributed by atoms with Crippen LogP contribution in [0.4, 0.5) is 0 Å². The standard InChI is InChI=1S/C32H46N2O8/c1-19-15-25(39-4)21(16-24(19)41-20-9-13-32(14-10-20,18-38-3)30(37)40-5)28(35)34-27-23-8-7-22(42-23)26(27)29(36)33-17-31(2)11-6-12-31/h15-16,20,22-23,26-27H,6-14,17-18H2,1-5H3,(H,33,36)(H,34,35)/t20?,22-,23+,26+,27-,32?/m1/s1. The first kappa shape index (κ1) is 30.6. The van der Waals surface area contributed by atoms with E-state index in [1.54, 1.807) is 19.2 Å². The number of esters is 1. The minimum atomic E-state index is -0.662. The van der Waals surface area contributed by atoms with Crippen LogP contribution in [-0.2, 0) is 23.8 Å². The number of hydrogen-bond acceptors (Lipinski definition) is 8. The van der Waals surface area contributed by atoms with Gasteiger partial charge in [-0.3, -0.25) is 14.4 Å². The summed E-state index contributed by atoms with van der Waals surface area (Å²) in [7, 11) is 4.53. The first-order chi connectivity index (χ1) is 20.1. The van der Waals surface area contributed by atoms with Gasteiger partial charge < -0.3 is 34.3 Å². The Labute approximate surface area is 248 Å². The van der Waals surface area contributed by atoms with Gasteiger partial charge in [-0.05, 0) is 81.4 Å². The summed E-state index contributed by atoms with van der Waals surface area (Å²) in [6, 6.07) is 3.12. The Bertz CT molecular complexity index is 1170. The van der Waals surface area contributed by atoms with Crippen molar-refractivity contribution >= 4 is 17.8 Å². The summed E-state index contributed by atoms with van der Waals surface area (Å²) in [5.74, 6) is -0.0159. The number of benzene rings is 1. The number of amides is 2. The molecule has 0 radical (unpaired) electrons. The largest absolute Gasteiger partial charge is 0.496 e. The zero-order valence-corrected chi connectivity index (χ0v) is 25.6. The number of carbonyl (C=O) groups is 3. The van der Waals surface area contributed by atoms with Gasteiger partial charge in [0.25, 0.3) is 5.91 Å². The molecule has 4 fully saturated rings. The van der Waals surface area contributed by atoms with Crippen LogP contribution in [0, 0.1) is 23.7 Å². The van der Waals surface area contributed by atoms with E-state index in [1.807, 2.05) is 6.92 Å². The number of ether oxygens (including phenoxy) is 5. The maximum absolute atomic E-state index is 13.7. The Morgan fingerprint density at radius 2 is 1.69 bits per heavy atom. The molecule has 2 bridgehead atoms.